The summed E-state index contributed by atoms with van der Waals surface area (Å²) in [5.74, 6) is -2.82. The van der Waals surface area contributed by atoms with Gasteiger partial charge in [-0.1, -0.05) is 23.5 Å². The third kappa shape index (κ3) is 7.39. The second kappa shape index (κ2) is 13.6. The number of hydrogen-bond donors (Lipinski definition) is 4. The first-order chi connectivity index (χ1) is 20.1. The predicted octanol–water partition coefficient (Wildman–Crippen LogP) is 4.68. The number of benzene rings is 2. The number of aromatic nitrogens is 2. The lowest BCUT2D eigenvalue weighted by molar-refractivity contribution is 0.103. The van der Waals surface area contributed by atoms with Crippen LogP contribution in [0.1, 0.15) is 33.8 Å². The average Bonchev–Trinajstić information content (AvgIpc) is 3.33. The number of sulfonamides is 1. The number of nitrogens with zero attached hydrogens (tertiary/aromatic N) is 3. The number of anilines is 3. The Morgan fingerprint density at radius 1 is 1.09 bits per heavy atom. The number of carbonyl (C=O) groups excluding carboxylic acids is 1. The van der Waals surface area contributed by atoms with Crippen LogP contribution in [0.2, 0.25) is 0 Å². The van der Waals surface area contributed by atoms with Gasteiger partial charge in [0.15, 0.2) is 5.13 Å². The number of phenolic OH excluding ortho intramolecular Hbond substituents is 1. The molecule has 0 unspecified atom stereocenters. The number of hydrogen-bond acceptors (Lipinski definition) is 10. The Hall–Kier alpha value is -3.85. The first kappa shape index (κ1) is 32.1. The Morgan fingerprint density at radius 2 is 1.79 bits per heavy atom. The molecule has 228 valence electrons. The maximum Gasteiger partial charge on any atom is 0.244 e. The molecule has 2 aromatic carbocycles. The first-order valence-electron chi connectivity index (χ1n) is 13.1. The predicted molar refractivity (Wildman–Crippen MR) is 164 cm³/mol. The van der Waals surface area contributed by atoms with Gasteiger partial charge in [0.25, 0.3) is 0 Å². The van der Waals surface area contributed by atoms with Crippen LogP contribution in [0.25, 0.3) is 0 Å². The Morgan fingerprint density at radius 3 is 2.44 bits per heavy atom. The summed E-state index contributed by atoms with van der Waals surface area (Å²) in [5, 5.41) is 16.2. The fraction of sp³-hybridized carbons (Fsp3) is 0.250. The van der Waals surface area contributed by atoms with Crippen LogP contribution in [0.5, 0.6) is 5.75 Å². The molecule has 3 heterocycles. The number of nitrogens with two attached hydrogens (primary N) is 1. The lowest BCUT2D eigenvalue weighted by atomic mass is 10.1. The third-order valence-electron chi connectivity index (χ3n) is 6.82. The Kier molecular flexibility index (Phi) is 10.2. The quantitative estimate of drug-likeness (QED) is 0.179. The molecule has 0 saturated carbocycles. The fourth-order valence-corrected chi connectivity index (χ4v) is 6.93. The van der Waals surface area contributed by atoms with Gasteiger partial charge in [-0.15, -0.1) is 12.4 Å². The zero-order chi connectivity index (χ0) is 29.9. The molecular weight excluding hydrogens is 622 g/mol. The van der Waals surface area contributed by atoms with Gasteiger partial charge < -0.3 is 21.5 Å². The number of pyridine rings is 1. The topological polar surface area (TPSA) is 151 Å². The SMILES string of the molecule is Cl.Nc1nc(NC2CCN(S(=O)(=O)c3ccc(CCNc4cccc(O)c4)nc3)CC2)sc1C(=O)c1c(F)cccc1F. The number of phenols is 1. The number of rotatable bonds is 10. The monoisotopic (exact) mass is 650 g/mol. The molecule has 2 aromatic heterocycles. The first-order valence-corrected chi connectivity index (χ1v) is 15.4. The maximum absolute atomic E-state index is 14.1. The van der Waals surface area contributed by atoms with Crippen LogP contribution in [0.15, 0.2) is 65.7 Å². The zero-order valence-corrected chi connectivity index (χ0v) is 25.1. The molecule has 1 fully saturated rings. The summed E-state index contributed by atoms with van der Waals surface area (Å²) in [6.07, 6.45) is 2.86. The molecule has 0 spiro atoms. The van der Waals surface area contributed by atoms with Crippen LogP contribution in [0.3, 0.4) is 0 Å². The second-order valence-electron chi connectivity index (χ2n) is 9.69. The molecule has 0 radical (unpaired) electrons. The van der Waals surface area contributed by atoms with Crippen LogP contribution < -0.4 is 16.4 Å². The fourth-order valence-electron chi connectivity index (χ4n) is 4.61. The average molecular weight is 651 g/mol. The number of nitrogens with one attached hydrogen (secondary N) is 2. The van der Waals surface area contributed by atoms with Gasteiger partial charge in [0.1, 0.15) is 33.0 Å². The van der Waals surface area contributed by atoms with Crippen LogP contribution in [0, 0.1) is 11.6 Å². The van der Waals surface area contributed by atoms with E-state index in [0.717, 1.165) is 34.9 Å². The number of nitrogen functional groups attached to an aromatic ring is 1. The standard InChI is InChI=1S/C28H28F2N6O4S2.ClH/c29-22-5-2-6-23(30)24(22)25(38)26-27(31)35-28(41-26)34-18-10-13-36(14-11-18)42(39,40)21-8-7-17(33-16-21)9-12-32-19-3-1-4-20(37)15-19;/h1-8,15-16,18,32,37H,9-14,31H2,(H,34,35);1H. The van der Waals surface area contributed by atoms with E-state index in [9.17, 15) is 27.1 Å². The summed E-state index contributed by atoms with van der Waals surface area (Å²) < 4.78 is 56.0. The summed E-state index contributed by atoms with van der Waals surface area (Å²) in [6, 6.07) is 13.0. The van der Waals surface area contributed by atoms with E-state index in [1.165, 1.54) is 16.6 Å². The van der Waals surface area contributed by atoms with E-state index < -0.39 is 33.0 Å². The van der Waals surface area contributed by atoms with Crippen LogP contribution in [-0.2, 0) is 16.4 Å². The largest absolute Gasteiger partial charge is 0.508 e. The minimum Gasteiger partial charge on any atom is -0.508 e. The van der Waals surface area contributed by atoms with Crippen molar-refractivity contribution >= 4 is 56.2 Å². The Balaban J connectivity index is 0.00000423. The van der Waals surface area contributed by atoms with Gasteiger partial charge in [-0.3, -0.25) is 9.78 Å². The highest BCUT2D eigenvalue weighted by atomic mass is 35.5. The lowest BCUT2D eigenvalue weighted by Gasteiger charge is -2.31. The molecular formula is C28H29ClF2N6O4S2. The van der Waals surface area contributed by atoms with E-state index in [1.54, 1.807) is 30.3 Å². The molecule has 10 nitrogen and oxygen atoms in total. The Bertz CT molecular complexity index is 1680. The molecule has 15 heteroatoms. The van der Waals surface area contributed by atoms with Gasteiger partial charge in [0, 0.05) is 55.7 Å². The van der Waals surface area contributed by atoms with E-state index in [1.807, 2.05) is 6.07 Å². The van der Waals surface area contributed by atoms with Gasteiger partial charge in [-0.25, -0.2) is 22.2 Å². The molecule has 1 aliphatic rings. The molecule has 4 aromatic rings. The molecule has 5 N–H and O–H groups in total. The number of aromatic hydroxyl groups is 1. The molecule has 1 saturated heterocycles. The van der Waals surface area contributed by atoms with E-state index in [4.69, 9.17) is 5.73 Å². The summed E-state index contributed by atoms with van der Waals surface area (Å²) in [7, 11) is -3.75. The van der Waals surface area contributed by atoms with Crippen molar-refractivity contribution in [3.63, 3.8) is 0 Å². The lowest BCUT2D eigenvalue weighted by Crippen LogP contribution is -2.42. The van der Waals surface area contributed by atoms with Gasteiger partial charge in [-0.05, 0) is 49.2 Å². The maximum atomic E-state index is 14.1. The van der Waals surface area contributed by atoms with Crippen LogP contribution in [-0.4, -0.2) is 59.3 Å². The minimum atomic E-state index is -3.75. The summed E-state index contributed by atoms with van der Waals surface area (Å²) in [4.78, 5) is 21.2. The molecule has 0 bridgehead atoms. The Labute approximate surface area is 257 Å². The highest BCUT2D eigenvalue weighted by Crippen LogP contribution is 2.31. The van der Waals surface area contributed by atoms with Crippen molar-refractivity contribution in [3.8, 4) is 5.75 Å². The van der Waals surface area contributed by atoms with Gasteiger partial charge in [-0.2, -0.15) is 4.31 Å². The van der Waals surface area contributed by atoms with E-state index in [2.05, 4.69) is 20.6 Å². The van der Waals surface area contributed by atoms with Gasteiger partial charge >= 0.3 is 0 Å². The van der Waals surface area contributed by atoms with E-state index >= 15 is 0 Å². The minimum absolute atomic E-state index is 0. The van der Waals surface area contributed by atoms with Crippen LogP contribution in [0.4, 0.5) is 25.4 Å². The number of carbonyl (C=O) groups is 1. The second-order valence-corrected chi connectivity index (χ2v) is 12.6. The van der Waals surface area contributed by atoms with Crippen molar-refractivity contribution in [1.82, 2.24) is 14.3 Å². The van der Waals surface area contributed by atoms with Crippen molar-refractivity contribution in [2.24, 2.45) is 0 Å². The molecule has 1 aliphatic heterocycles. The molecule has 43 heavy (non-hydrogen) atoms. The molecule has 0 aliphatic carbocycles. The van der Waals surface area contributed by atoms with Crippen molar-refractivity contribution in [2.75, 3.05) is 36.0 Å². The highest BCUT2D eigenvalue weighted by molar-refractivity contribution is 7.89. The third-order valence-corrected chi connectivity index (χ3v) is 9.71. The summed E-state index contributed by atoms with van der Waals surface area (Å²) >= 11 is 0.897. The number of thiazole rings is 1. The molecule has 0 amide bonds. The number of ketones is 1. The van der Waals surface area contributed by atoms with Crippen molar-refractivity contribution < 1.29 is 27.1 Å². The number of halogens is 3. The van der Waals surface area contributed by atoms with Crippen molar-refractivity contribution in [2.45, 2.75) is 30.2 Å². The zero-order valence-electron chi connectivity index (χ0n) is 22.7. The molecule has 0 atom stereocenters. The summed E-state index contributed by atoms with van der Waals surface area (Å²) in [5.41, 5.74) is 6.70. The van der Waals surface area contributed by atoms with E-state index in [0.29, 0.717) is 30.9 Å². The normalized spacial score (nSPS) is 14.2. The van der Waals surface area contributed by atoms with Crippen LogP contribution >= 0.6 is 23.7 Å². The van der Waals surface area contributed by atoms with Gasteiger partial charge in [0.05, 0.1) is 5.56 Å². The van der Waals surface area contributed by atoms with Crippen molar-refractivity contribution in [3.05, 3.63) is 88.6 Å². The van der Waals surface area contributed by atoms with Crippen molar-refractivity contribution in [1.29, 1.82) is 0 Å². The summed E-state index contributed by atoms with van der Waals surface area (Å²) in [6.45, 7) is 1.06. The number of piperidine rings is 1. The van der Waals surface area contributed by atoms with E-state index in [-0.39, 0.29) is 52.9 Å². The smallest absolute Gasteiger partial charge is 0.244 e. The molecule has 5 rings (SSSR count). The van der Waals surface area contributed by atoms with Gasteiger partial charge in [0.2, 0.25) is 15.8 Å². The highest BCUT2D eigenvalue weighted by Gasteiger charge is 2.31.